The first-order valence-electron chi connectivity index (χ1n) is 13.0. The van der Waals surface area contributed by atoms with Gasteiger partial charge in [-0.05, 0) is 30.5 Å². The Hall–Kier alpha value is -4.27. The third kappa shape index (κ3) is 4.17. The zero-order chi connectivity index (χ0) is 26.4. The summed E-state index contributed by atoms with van der Waals surface area (Å²) in [4.78, 5) is 59.5. The number of furan rings is 1. The van der Waals surface area contributed by atoms with E-state index in [1.54, 1.807) is 35.1 Å². The van der Waals surface area contributed by atoms with Crippen LogP contribution in [0.3, 0.4) is 0 Å². The van der Waals surface area contributed by atoms with E-state index in [-0.39, 0.29) is 35.3 Å². The van der Waals surface area contributed by atoms with Crippen LogP contribution in [0.15, 0.2) is 51.9 Å². The van der Waals surface area contributed by atoms with Crippen molar-refractivity contribution in [1.29, 1.82) is 0 Å². The fourth-order valence-corrected chi connectivity index (χ4v) is 5.71. The number of rotatable bonds is 3. The summed E-state index contributed by atoms with van der Waals surface area (Å²) in [6.07, 6.45) is 3.19. The molecule has 0 spiro atoms. The molecule has 194 valence electrons. The number of fused-ring (bicyclic) bond motifs is 2. The number of carbonyl (C=O) groups is 4. The Labute approximate surface area is 219 Å². The molecule has 2 aromatic carbocycles. The summed E-state index contributed by atoms with van der Waals surface area (Å²) in [6.45, 7) is 4.47. The van der Waals surface area contributed by atoms with Gasteiger partial charge in [-0.15, -0.1) is 0 Å². The first-order chi connectivity index (χ1) is 18.4. The van der Waals surface area contributed by atoms with Crippen molar-refractivity contribution in [3.63, 3.8) is 0 Å². The highest BCUT2D eigenvalue weighted by Gasteiger charge is 2.33. The Balaban J connectivity index is 1.17. The molecule has 0 N–H and O–H groups in total. The van der Waals surface area contributed by atoms with E-state index in [4.69, 9.17) is 4.42 Å². The number of aliphatic imine (C=N–C) groups is 1. The molecule has 0 aliphatic carbocycles. The predicted molar refractivity (Wildman–Crippen MR) is 141 cm³/mol. The van der Waals surface area contributed by atoms with Crippen LogP contribution in [-0.2, 0) is 9.59 Å². The number of hydrogen-bond acceptors (Lipinski definition) is 5. The molecule has 2 saturated heterocycles. The molecule has 6 rings (SSSR count). The molecule has 4 heterocycles. The van der Waals surface area contributed by atoms with Gasteiger partial charge in [0.05, 0.1) is 11.5 Å². The molecule has 38 heavy (non-hydrogen) atoms. The summed E-state index contributed by atoms with van der Waals surface area (Å²) in [6, 6.07) is 12.9. The molecule has 1 atom stereocenters. The Kier molecular flexibility index (Phi) is 6.06. The number of piperidine rings is 1. The van der Waals surface area contributed by atoms with E-state index in [9.17, 15) is 19.2 Å². The normalized spacial score (nSPS) is 19.2. The maximum Gasteiger partial charge on any atom is 0.289 e. The van der Waals surface area contributed by atoms with Crippen LogP contribution in [0.25, 0.3) is 22.1 Å². The number of amides is 4. The fraction of sp³-hybridized carbons (Fsp3) is 0.345. The van der Waals surface area contributed by atoms with Crippen LogP contribution in [0, 0.1) is 5.92 Å². The lowest BCUT2D eigenvalue weighted by Gasteiger charge is -2.38. The van der Waals surface area contributed by atoms with Crippen LogP contribution < -0.4 is 0 Å². The summed E-state index contributed by atoms with van der Waals surface area (Å²) in [5, 5.41) is 0.797. The van der Waals surface area contributed by atoms with Crippen molar-refractivity contribution in [2.45, 2.75) is 19.8 Å². The molecule has 9 heteroatoms. The summed E-state index contributed by atoms with van der Waals surface area (Å²) in [5.74, 6) is -0.340. The highest BCUT2D eigenvalue weighted by molar-refractivity contribution is 6.16. The van der Waals surface area contributed by atoms with Crippen molar-refractivity contribution in [1.82, 2.24) is 14.7 Å². The fourth-order valence-electron chi connectivity index (χ4n) is 5.71. The quantitative estimate of drug-likeness (QED) is 0.536. The average Bonchev–Trinajstić information content (AvgIpc) is 3.56. The number of benzene rings is 2. The van der Waals surface area contributed by atoms with E-state index in [2.05, 4.69) is 4.99 Å². The zero-order valence-electron chi connectivity index (χ0n) is 21.2. The Morgan fingerprint density at radius 3 is 2.39 bits per heavy atom. The number of para-hydroxylation sites is 1. The van der Waals surface area contributed by atoms with E-state index in [0.29, 0.717) is 50.4 Å². The minimum Gasteiger partial charge on any atom is -0.450 e. The van der Waals surface area contributed by atoms with Crippen molar-refractivity contribution in [3.8, 4) is 11.1 Å². The standard InChI is InChI=1S/C29H28N4O5/c1-18(34)33-10-4-6-20(17-33)28(36)31-11-13-32(14-12-31)29(37)25-15-19-5-2-8-22(26(19)38-25)21-7-3-9-23-24(21)16-30-27(23)35/h2-3,5,7-9,15-16,20H,4,6,10-14,17H2,1H3/t20-/m0/s1. The van der Waals surface area contributed by atoms with Gasteiger partial charge in [-0.3, -0.25) is 19.2 Å². The number of piperazine rings is 1. The van der Waals surface area contributed by atoms with Gasteiger partial charge in [0.2, 0.25) is 11.8 Å². The van der Waals surface area contributed by atoms with Crippen LogP contribution in [0.5, 0.6) is 0 Å². The van der Waals surface area contributed by atoms with Gasteiger partial charge in [0, 0.05) is 68.9 Å². The largest absolute Gasteiger partial charge is 0.450 e. The molecule has 3 aliphatic heterocycles. The Bertz CT molecular complexity index is 1500. The van der Waals surface area contributed by atoms with Gasteiger partial charge in [-0.2, -0.15) is 0 Å². The van der Waals surface area contributed by atoms with Crippen molar-refractivity contribution in [2.75, 3.05) is 39.3 Å². The van der Waals surface area contributed by atoms with Crippen molar-refractivity contribution < 1.29 is 23.6 Å². The molecule has 4 amide bonds. The van der Waals surface area contributed by atoms with Gasteiger partial charge in [-0.1, -0.05) is 30.3 Å². The molecule has 3 aliphatic rings. The number of nitrogens with zero attached hydrogens (tertiary/aromatic N) is 4. The third-order valence-electron chi connectivity index (χ3n) is 7.79. The highest BCUT2D eigenvalue weighted by Crippen LogP contribution is 2.35. The van der Waals surface area contributed by atoms with Crippen LogP contribution in [-0.4, -0.2) is 83.8 Å². The van der Waals surface area contributed by atoms with E-state index in [1.165, 1.54) is 0 Å². The summed E-state index contributed by atoms with van der Waals surface area (Å²) in [5.41, 5.74) is 3.51. The van der Waals surface area contributed by atoms with Crippen molar-refractivity contribution >= 4 is 40.8 Å². The van der Waals surface area contributed by atoms with Gasteiger partial charge in [-0.25, -0.2) is 4.99 Å². The minimum atomic E-state index is -0.262. The molecule has 0 saturated carbocycles. The van der Waals surface area contributed by atoms with Crippen molar-refractivity contribution in [2.24, 2.45) is 10.9 Å². The van der Waals surface area contributed by atoms with Crippen molar-refractivity contribution in [3.05, 3.63) is 59.4 Å². The van der Waals surface area contributed by atoms with Crippen LogP contribution in [0.4, 0.5) is 0 Å². The van der Waals surface area contributed by atoms with Crippen LogP contribution in [0.1, 0.15) is 46.2 Å². The molecule has 0 unspecified atom stereocenters. The van der Waals surface area contributed by atoms with E-state index >= 15 is 0 Å². The number of hydrogen-bond donors (Lipinski definition) is 0. The van der Waals surface area contributed by atoms with Gasteiger partial charge < -0.3 is 19.1 Å². The molecule has 0 bridgehead atoms. The molecule has 3 aromatic rings. The molecule has 1 aromatic heterocycles. The van der Waals surface area contributed by atoms with E-state index in [0.717, 1.165) is 34.9 Å². The number of likely N-dealkylation sites (tertiary alicyclic amines) is 1. The van der Waals surface area contributed by atoms with Gasteiger partial charge in [0.1, 0.15) is 5.58 Å². The molecule has 0 radical (unpaired) electrons. The third-order valence-corrected chi connectivity index (χ3v) is 7.79. The lowest BCUT2D eigenvalue weighted by Crippen LogP contribution is -2.54. The zero-order valence-corrected chi connectivity index (χ0v) is 21.2. The smallest absolute Gasteiger partial charge is 0.289 e. The maximum absolute atomic E-state index is 13.4. The summed E-state index contributed by atoms with van der Waals surface area (Å²) in [7, 11) is 0. The second kappa shape index (κ2) is 9.55. The monoisotopic (exact) mass is 512 g/mol. The van der Waals surface area contributed by atoms with E-state index in [1.807, 2.05) is 35.2 Å². The maximum atomic E-state index is 13.4. The highest BCUT2D eigenvalue weighted by atomic mass is 16.3. The first-order valence-corrected chi connectivity index (χ1v) is 13.0. The Morgan fingerprint density at radius 2 is 1.61 bits per heavy atom. The lowest BCUT2D eigenvalue weighted by atomic mass is 9.96. The topological polar surface area (TPSA) is 104 Å². The minimum absolute atomic E-state index is 0.00480. The SMILES string of the molecule is CC(=O)N1CCC[C@H](C(=O)N2CCN(C(=O)c3cc4cccc(-c5cccc6c5C=NC6=O)c4o3)CC2)C1. The molecular formula is C29H28N4O5. The average molecular weight is 513 g/mol. The molecule has 2 fully saturated rings. The lowest BCUT2D eigenvalue weighted by molar-refractivity contribution is -0.141. The van der Waals surface area contributed by atoms with Crippen LogP contribution >= 0.6 is 0 Å². The number of carbonyl (C=O) groups excluding carboxylic acids is 4. The van der Waals surface area contributed by atoms with Gasteiger partial charge >= 0.3 is 0 Å². The summed E-state index contributed by atoms with van der Waals surface area (Å²) < 4.78 is 6.12. The summed E-state index contributed by atoms with van der Waals surface area (Å²) >= 11 is 0. The molecule has 9 nitrogen and oxygen atoms in total. The van der Waals surface area contributed by atoms with E-state index < -0.39 is 0 Å². The Morgan fingerprint density at radius 1 is 0.895 bits per heavy atom. The first kappa shape index (κ1) is 24.1. The van der Waals surface area contributed by atoms with Crippen LogP contribution in [0.2, 0.25) is 0 Å². The van der Waals surface area contributed by atoms with Gasteiger partial charge in [0.25, 0.3) is 11.8 Å². The molecular weight excluding hydrogens is 484 g/mol. The predicted octanol–water partition coefficient (Wildman–Crippen LogP) is 3.22. The van der Waals surface area contributed by atoms with Gasteiger partial charge in [0.15, 0.2) is 5.76 Å². The second-order valence-electron chi connectivity index (χ2n) is 10.1. The second-order valence-corrected chi connectivity index (χ2v) is 10.1.